The third-order valence-corrected chi connectivity index (χ3v) is 3.17. The van der Waals surface area contributed by atoms with Crippen molar-refractivity contribution in [3.63, 3.8) is 0 Å². The minimum absolute atomic E-state index is 0.358. The number of morpholine rings is 1. The Labute approximate surface area is 105 Å². The maximum Gasteiger partial charge on any atom is 0.0716 e. The SMILES string of the molecule is Brc1ccc(NCCC2CNCCO2)cc1. The topological polar surface area (TPSA) is 33.3 Å². The molecule has 0 spiro atoms. The van der Waals surface area contributed by atoms with Crippen molar-refractivity contribution in [3.05, 3.63) is 28.7 Å². The minimum Gasteiger partial charge on any atom is -0.385 e. The number of halogens is 1. The van der Waals surface area contributed by atoms with E-state index >= 15 is 0 Å². The summed E-state index contributed by atoms with van der Waals surface area (Å²) < 4.78 is 6.73. The fourth-order valence-electron chi connectivity index (χ4n) is 1.75. The largest absolute Gasteiger partial charge is 0.385 e. The quantitative estimate of drug-likeness (QED) is 0.890. The zero-order chi connectivity index (χ0) is 11.2. The van der Waals surface area contributed by atoms with Crippen LogP contribution in [0.4, 0.5) is 5.69 Å². The number of ether oxygens (including phenoxy) is 1. The first-order valence-electron chi connectivity index (χ1n) is 5.66. The maximum absolute atomic E-state index is 5.62. The van der Waals surface area contributed by atoms with Gasteiger partial charge in [0.1, 0.15) is 0 Å². The molecule has 1 heterocycles. The molecule has 3 nitrogen and oxygen atoms in total. The van der Waals surface area contributed by atoms with Gasteiger partial charge in [0.2, 0.25) is 0 Å². The number of benzene rings is 1. The van der Waals surface area contributed by atoms with Gasteiger partial charge in [-0.1, -0.05) is 15.9 Å². The van der Waals surface area contributed by atoms with E-state index in [9.17, 15) is 0 Å². The molecule has 1 fully saturated rings. The first-order valence-corrected chi connectivity index (χ1v) is 6.45. The second kappa shape index (κ2) is 6.23. The van der Waals surface area contributed by atoms with Crippen LogP contribution in [0.2, 0.25) is 0 Å². The van der Waals surface area contributed by atoms with Crippen molar-refractivity contribution < 1.29 is 4.74 Å². The van der Waals surface area contributed by atoms with Crippen molar-refractivity contribution >= 4 is 21.6 Å². The molecule has 1 atom stereocenters. The van der Waals surface area contributed by atoms with Crippen LogP contribution >= 0.6 is 15.9 Å². The molecule has 1 aromatic rings. The van der Waals surface area contributed by atoms with Gasteiger partial charge in [-0.2, -0.15) is 0 Å². The van der Waals surface area contributed by atoms with Crippen LogP contribution < -0.4 is 10.6 Å². The molecule has 1 aromatic carbocycles. The van der Waals surface area contributed by atoms with Gasteiger partial charge in [-0.25, -0.2) is 0 Å². The second-order valence-electron chi connectivity index (χ2n) is 3.92. The molecule has 0 saturated carbocycles. The summed E-state index contributed by atoms with van der Waals surface area (Å²) in [4.78, 5) is 0. The van der Waals surface area contributed by atoms with E-state index in [1.165, 1.54) is 0 Å². The van der Waals surface area contributed by atoms with Crippen molar-refractivity contribution in [1.82, 2.24) is 5.32 Å². The highest BCUT2D eigenvalue weighted by Crippen LogP contribution is 2.14. The molecule has 0 aliphatic carbocycles. The molecule has 1 aliphatic heterocycles. The molecule has 16 heavy (non-hydrogen) atoms. The highest BCUT2D eigenvalue weighted by molar-refractivity contribution is 9.10. The number of anilines is 1. The lowest BCUT2D eigenvalue weighted by Crippen LogP contribution is -2.39. The van der Waals surface area contributed by atoms with E-state index in [-0.39, 0.29) is 0 Å². The first-order chi connectivity index (χ1) is 7.84. The molecule has 1 unspecified atom stereocenters. The summed E-state index contributed by atoms with van der Waals surface area (Å²) in [6.07, 6.45) is 1.40. The van der Waals surface area contributed by atoms with E-state index in [1.54, 1.807) is 0 Å². The lowest BCUT2D eigenvalue weighted by Gasteiger charge is -2.23. The van der Waals surface area contributed by atoms with Gasteiger partial charge in [-0.15, -0.1) is 0 Å². The zero-order valence-electron chi connectivity index (χ0n) is 9.21. The maximum atomic E-state index is 5.62. The third-order valence-electron chi connectivity index (χ3n) is 2.64. The highest BCUT2D eigenvalue weighted by atomic mass is 79.9. The Morgan fingerprint density at radius 1 is 1.38 bits per heavy atom. The van der Waals surface area contributed by atoms with Gasteiger partial charge >= 0.3 is 0 Å². The number of nitrogens with one attached hydrogen (secondary N) is 2. The van der Waals surface area contributed by atoms with Crippen LogP contribution in [-0.2, 0) is 4.74 Å². The van der Waals surface area contributed by atoms with E-state index in [4.69, 9.17) is 4.74 Å². The summed E-state index contributed by atoms with van der Waals surface area (Å²) in [7, 11) is 0. The van der Waals surface area contributed by atoms with Crippen LogP contribution in [0.5, 0.6) is 0 Å². The first kappa shape index (κ1) is 11.9. The van der Waals surface area contributed by atoms with Crippen molar-refractivity contribution in [3.8, 4) is 0 Å². The Kier molecular flexibility index (Phi) is 4.63. The van der Waals surface area contributed by atoms with Crippen LogP contribution in [0.15, 0.2) is 28.7 Å². The Balaban J connectivity index is 1.69. The molecule has 0 bridgehead atoms. The second-order valence-corrected chi connectivity index (χ2v) is 4.83. The Morgan fingerprint density at radius 3 is 2.88 bits per heavy atom. The smallest absolute Gasteiger partial charge is 0.0716 e. The molecule has 0 radical (unpaired) electrons. The predicted octanol–water partition coefficient (Wildman–Crippen LogP) is 2.24. The van der Waals surface area contributed by atoms with Gasteiger partial charge < -0.3 is 15.4 Å². The summed E-state index contributed by atoms with van der Waals surface area (Å²) in [6, 6.07) is 8.23. The average Bonchev–Trinajstić information content (AvgIpc) is 2.33. The highest BCUT2D eigenvalue weighted by Gasteiger charge is 2.12. The normalized spacial score (nSPS) is 20.7. The monoisotopic (exact) mass is 284 g/mol. The third kappa shape index (κ3) is 3.77. The van der Waals surface area contributed by atoms with E-state index in [0.717, 1.165) is 42.8 Å². The number of rotatable bonds is 4. The minimum atomic E-state index is 0.358. The van der Waals surface area contributed by atoms with Gasteiger partial charge in [0.25, 0.3) is 0 Å². The van der Waals surface area contributed by atoms with Crippen LogP contribution in [0.3, 0.4) is 0 Å². The van der Waals surface area contributed by atoms with E-state index in [0.29, 0.717) is 6.10 Å². The van der Waals surface area contributed by atoms with Crippen LogP contribution in [0.25, 0.3) is 0 Å². The molecule has 0 aromatic heterocycles. The summed E-state index contributed by atoms with van der Waals surface area (Å²) in [5.41, 5.74) is 1.16. The summed E-state index contributed by atoms with van der Waals surface area (Å²) in [5.74, 6) is 0. The number of hydrogen-bond donors (Lipinski definition) is 2. The zero-order valence-corrected chi connectivity index (χ0v) is 10.8. The Morgan fingerprint density at radius 2 is 2.19 bits per heavy atom. The predicted molar refractivity (Wildman–Crippen MR) is 69.9 cm³/mol. The molecule has 1 aliphatic rings. The van der Waals surface area contributed by atoms with Gasteiger partial charge in [0.15, 0.2) is 0 Å². The summed E-state index contributed by atoms with van der Waals surface area (Å²) in [6.45, 7) is 3.75. The van der Waals surface area contributed by atoms with Crippen molar-refractivity contribution in [2.45, 2.75) is 12.5 Å². The van der Waals surface area contributed by atoms with Crippen molar-refractivity contribution in [2.75, 3.05) is 31.6 Å². The van der Waals surface area contributed by atoms with E-state index in [2.05, 4.69) is 38.7 Å². The van der Waals surface area contributed by atoms with Gasteiger partial charge in [-0.05, 0) is 30.7 Å². The van der Waals surface area contributed by atoms with Gasteiger partial charge in [-0.3, -0.25) is 0 Å². The summed E-state index contributed by atoms with van der Waals surface area (Å²) >= 11 is 3.42. The number of hydrogen-bond acceptors (Lipinski definition) is 3. The van der Waals surface area contributed by atoms with Crippen LogP contribution in [-0.4, -0.2) is 32.3 Å². The van der Waals surface area contributed by atoms with Gasteiger partial charge in [0, 0.05) is 29.8 Å². The molecular weight excluding hydrogens is 268 g/mol. The van der Waals surface area contributed by atoms with Gasteiger partial charge in [0.05, 0.1) is 12.7 Å². The lowest BCUT2D eigenvalue weighted by molar-refractivity contribution is 0.0258. The lowest BCUT2D eigenvalue weighted by atomic mass is 10.2. The fraction of sp³-hybridized carbons (Fsp3) is 0.500. The molecule has 1 saturated heterocycles. The molecule has 88 valence electrons. The summed E-state index contributed by atoms with van der Waals surface area (Å²) in [5, 5.41) is 6.72. The fourth-order valence-corrected chi connectivity index (χ4v) is 2.01. The van der Waals surface area contributed by atoms with Crippen LogP contribution in [0, 0.1) is 0 Å². The average molecular weight is 285 g/mol. The van der Waals surface area contributed by atoms with E-state index in [1.807, 2.05) is 12.1 Å². The molecule has 4 heteroatoms. The Hall–Kier alpha value is -0.580. The Bertz CT molecular complexity index is 309. The molecule has 0 amide bonds. The molecule has 2 N–H and O–H groups in total. The molecule has 2 rings (SSSR count). The molecular formula is C12H17BrN2O. The standard InChI is InChI=1S/C12H17BrN2O/c13-10-1-3-11(4-2-10)15-6-5-12-9-14-7-8-16-12/h1-4,12,14-15H,5-9H2. The van der Waals surface area contributed by atoms with E-state index < -0.39 is 0 Å². The van der Waals surface area contributed by atoms with Crippen molar-refractivity contribution in [1.29, 1.82) is 0 Å². The van der Waals surface area contributed by atoms with Crippen molar-refractivity contribution in [2.24, 2.45) is 0 Å². The van der Waals surface area contributed by atoms with Crippen LogP contribution in [0.1, 0.15) is 6.42 Å².